The molecule has 0 aromatic carbocycles. The Morgan fingerprint density at radius 3 is 2.79 bits per heavy atom. The molecule has 0 aliphatic carbocycles. The van der Waals surface area contributed by atoms with Gasteiger partial charge in [-0.25, -0.2) is 4.79 Å². The summed E-state index contributed by atoms with van der Waals surface area (Å²) in [5.41, 5.74) is 0. The molecule has 0 fully saturated rings. The normalized spacial score (nSPS) is 12.7. The molecule has 0 spiro atoms. The van der Waals surface area contributed by atoms with E-state index in [1.807, 2.05) is 13.0 Å². The van der Waals surface area contributed by atoms with Crippen LogP contribution >= 0.6 is 0 Å². The highest BCUT2D eigenvalue weighted by Gasteiger charge is 2.14. The number of furan rings is 1. The number of hydrogen-bond acceptors (Lipinski definition) is 5. The highest BCUT2D eigenvalue weighted by molar-refractivity contribution is 5.86. The first kappa shape index (κ1) is 15.7. The number of hydrogen-bond donors (Lipinski definition) is 1. The molecule has 0 amide bonds. The van der Waals surface area contributed by atoms with Crippen molar-refractivity contribution < 1.29 is 13.9 Å². The van der Waals surface area contributed by atoms with Gasteiger partial charge in [-0.3, -0.25) is 0 Å². The van der Waals surface area contributed by atoms with Crippen LogP contribution in [0.15, 0.2) is 16.5 Å². The zero-order chi connectivity index (χ0) is 14.3. The lowest BCUT2D eigenvalue weighted by atomic mass is 10.2. The van der Waals surface area contributed by atoms with Gasteiger partial charge in [0.05, 0.1) is 13.2 Å². The van der Waals surface area contributed by atoms with E-state index in [4.69, 9.17) is 4.42 Å². The summed E-state index contributed by atoms with van der Waals surface area (Å²) >= 11 is 0. The molecule has 0 saturated carbocycles. The number of carbonyl (C=O) groups excluding carboxylic acids is 1. The minimum Gasteiger partial charge on any atom is -0.463 e. The topological polar surface area (TPSA) is 54.7 Å². The number of unbranched alkanes of at least 4 members (excludes halogenated alkanes) is 1. The van der Waals surface area contributed by atoms with Crippen LogP contribution in [0.25, 0.3) is 0 Å². The van der Waals surface area contributed by atoms with E-state index in [2.05, 4.69) is 29.0 Å². The maximum Gasteiger partial charge on any atom is 0.373 e. The summed E-state index contributed by atoms with van der Waals surface area (Å²) in [6.07, 6.45) is 2.28. The molecule has 1 aromatic rings. The number of carbonyl (C=O) groups is 1. The SMILES string of the molecule is COC(=O)c1ccc(C(C)NCCCCN(C)C)o1. The van der Waals surface area contributed by atoms with E-state index in [1.165, 1.54) is 7.11 Å². The van der Waals surface area contributed by atoms with E-state index < -0.39 is 5.97 Å². The van der Waals surface area contributed by atoms with Gasteiger partial charge in [0.25, 0.3) is 0 Å². The van der Waals surface area contributed by atoms with Crippen LogP contribution in [0.5, 0.6) is 0 Å². The lowest BCUT2D eigenvalue weighted by Crippen LogP contribution is -2.21. The Hall–Kier alpha value is -1.33. The van der Waals surface area contributed by atoms with Crippen LogP contribution in [0.1, 0.15) is 42.1 Å². The van der Waals surface area contributed by atoms with Crippen molar-refractivity contribution in [3.8, 4) is 0 Å². The van der Waals surface area contributed by atoms with E-state index in [0.717, 1.165) is 31.7 Å². The van der Waals surface area contributed by atoms with E-state index >= 15 is 0 Å². The van der Waals surface area contributed by atoms with Gasteiger partial charge in [0.15, 0.2) is 0 Å². The van der Waals surface area contributed by atoms with E-state index in [-0.39, 0.29) is 11.8 Å². The summed E-state index contributed by atoms with van der Waals surface area (Å²) < 4.78 is 10.1. The van der Waals surface area contributed by atoms with Gasteiger partial charge in [-0.15, -0.1) is 0 Å². The van der Waals surface area contributed by atoms with E-state index in [9.17, 15) is 4.79 Å². The van der Waals surface area contributed by atoms with Crippen LogP contribution in [0.2, 0.25) is 0 Å². The Morgan fingerprint density at radius 2 is 2.16 bits per heavy atom. The molecule has 1 unspecified atom stereocenters. The molecular weight excluding hydrogens is 244 g/mol. The summed E-state index contributed by atoms with van der Waals surface area (Å²) in [4.78, 5) is 13.5. The lowest BCUT2D eigenvalue weighted by molar-refractivity contribution is 0.0562. The molecule has 1 atom stereocenters. The van der Waals surface area contributed by atoms with Gasteiger partial charge in [0.1, 0.15) is 5.76 Å². The van der Waals surface area contributed by atoms with Gasteiger partial charge in [0, 0.05) is 0 Å². The van der Waals surface area contributed by atoms with Crippen molar-refractivity contribution in [2.45, 2.75) is 25.8 Å². The molecule has 0 aliphatic heterocycles. The fourth-order valence-corrected chi connectivity index (χ4v) is 1.77. The third-order valence-electron chi connectivity index (χ3n) is 2.92. The maximum absolute atomic E-state index is 11.3. The van der Waals surface area contributed by atoms with Crippen molar-refractivity contribution in [1.82, 2.24) is 10.2 Å². The number of nitrogens with one attached hydrogen (secondary N) is 1. The van der Waals surface area contributed by atoms with Crippen LogP contribution < -0.4 is 5.32 Å². The monoisotopic (exact) mass is 268 g/mol. The molecular formula is C14H24N2O3. The summed E-state index contributed by atoms with van der Waals surface area (Å²) in [5, 5.41) is 3.38. The molecule has 0 bridgehead atoms. The molecule has 1 rings (SSSR count). The minimum absolute atomic E-state index is 0.0952. The largest absolute Gasteiger partial charge is 0.463 e. The van der Waals surface area contributed by atoms with Crippen molar-refractivity contribution in [1.29, 1.82) is 0 Å². The quantitative estimate of drug-likeness (QED) is 0.578. The summed E-state index contributed by atoms with van der Waals surface area (Å²) in [6.45, 7) is 4.05. The van der Waals surface area contributed by atoms with E-state index in [0.29, 0.717) is 0 Å². The zero-order valence-electron chi connectivity index (χ0n) is 12.2. The number of rotatable bonds is 8. The van der Waals surface area contributed by atoms with Gasteiger partial charge in [-0.1, -0.05) is 0 Å². The Morgan fingerprint density at radius 1 is 1.42 bits per heavy atom. The molecule has 1 N–H and O–H groups in total. The molecule has 19 heavy (non-hydrogen) atoms. The average Bonchev–Trinajstić information content (AvgIpc) is 2.86. The lowest BCUT2D eigenvalue weighted by Gasteiger charge is -2.12. The maximum atomic E-state index is 11.3. The molecule has 0 saturated heterocycles. The smallest absolute Gasteiger partial charge is 0.373 e. The third kappa shape index (κ3) is 5.44. The molecule has 1 heterocycles. The van der Waals surface area contributed by atoms with Gasteiger partial charge < -0.3 is 19.4 Å². The van der Waals surface area contributed by atoms with Crippen molar-refractivity contribution in [3.05, 3.63) is 23.7 Å². The fourth-order valence-electron chi connectivity index (χ4n) is 1.77. The van der Waals surface area contributed by atoms with E-state index in [1.54, 1.807) is 6.07 Å². The predicted octanol–water partition coefficient (Wildman–Crippen LogP) is 2.06. The first-order valence-electron chi connectivity index (χ1n) is 6.60. The molecule has 5 nitrogen and oxygen atoms in total. The summed E-state index contributed by atoms with van der Waals surface area (Å²) in [5.74, 6) is 0.566. The highest BCUT2D eigenvalue weighted by atomic mass is 16.5. The van der Waals surface area contributed by atoms with Crippen molar-refractivity contribution in [3.63, 3.8) is 0 Å². The summed E-state index contributed by atoms with van der Waals surface area (Å²) in [6, 6.07) is 3.55. The highest BCUT2D eigenvalue weighted by Crippen LogP contribution is 2.16. The third-order valence-corrected chi connectivity index (χ3v) is 2.92. The second-order valence-electron chi connectivity index (χ2n) is 4.88. The van der Waals surface area contributed by atoms with Crippen LogP contribution in [0, 0.1) is 0 Å². The molecule has 5 heteroatoms. The Kier molecular flexibility index (Phi) is 6.59. The number of methoxy groups -OCH3 is 1. The fraction of sp³-hybridized carbons (Fsp3) is 0.643. The predicted molar refractivity (Wildman–Crippen MR) is 74.3 cm³/mol. The zero-order valence-corrected chi connectivity index (χ0v) is 12.2. The van der Waals surface area contributed by atoms with Crippen LogP contribution in [-0.4, -0.2) is 45.2 Å². The standard InChI is InChI=1S/C14H24N2O3/c1-11(15-9-5-6-10-16(2)3)12-7-8-13(19-12)14(17)18-4/h7-8,11,15H,5-6,9-10H2,1-4H3. The summed E-state index contributed by atoms with van der Waals surface area (Å²) in [7, 11) is 5.50. The van der Waals surface area contributed by atoms with Gasteiger partial charge >= 0.3 is 5.97 Å². The Balaban J connectivity index is 2.31. The van der Waals surface area contributed by atoms with Crippen LogP contribution in [-0.2, 0) is 4.74 Å². The van der Waals surface area contributed by atoms with Crippen molar-refractivity contribution >= 4 is 5.97 Å². The average molecular weight is 268 g/mol. The Labute approximate surface area is 114 Å². The van der Waals surface area contributed by atoms with Gasteiger partial charge in [-0.05, 0) is 59.1 Å². The van der Waals surface area contributed by atoms with Crippen molar-refractivity contribution in [2.24, 2.45) is 0 Å². The number of esters is 1. The molecule has 108 valence electrons. The second kappa shape index (κ2) is 7.96. The van der Waals surface area contributed by atoms with Crippen LogP contribution in [0.3, 0.4) is 0 Å². The van der Waals surface area contributed by atoms with Gasteiger partial charge in [-0.2, -0.15) is 0 Å². The molecule has 0 radical (unpaired) electrons. The number of ether oxygens (including phenoxy) is 1. The minimum atomic E-state index is -0.440. The molecule has 1 aromatic heterocycles. The Bertz CT molecular complexity index is 388. The van der Waals surface area contributed by atoms with Gasteiger partial charge in [0.2, 0.25) is 5.76 Å². The number of nitrogens with zero attached hydrogens (tertiary/aromatic N) is 1. The first-order chi connectivity index (χ1) is 9.04. The first-order valence-corrected chi connectivity index (χ1v) is 6.60. The second-order valence-corrected chi connectivity index (χ2v) is 4.88. The van der Waals surface area contributed by atoms with Crippen LogP contribution in [0.4, 0.5) is 0 Å². The molecule has 0 aliphatic rings. The van der Waals surface area contributed by atoms with Crippen molar-refractivity contribution in [2.75, 3.05) is 34.3 Å².